The molecule has 0 atom stereocenters. The van der Waals surface area contributed by atoms with Crippen LogP contribution in [-0.4, -0.2) is 38.5 Å². The molecule has 0 radical (unpaired) electrons. The van der Waals surface area contributed by atoms with E-state index in [2.05, 4.69) is 5.32 Å². The molecule has 1 heterocycles. The number of hydrogen-bond donors (Lipinski definition) is 1. The lowest BCUT2D eigenvalue weighted by Crippen LogP contribution is -2.52. The Balaban J connectivity index is 2.27. The maximum atomic E-state index is 12.1. The molecule has 110 valence electrons. The van der Waals surface area contributed by atoms with Crippen LogP contribution in [0, 0.1) is 0 Å². The van der Waals surface area contributed by atoms with Crippen molar-refractivity contribution in [2.24, 2.45) is 0 Å². The molecule has 1 saturated heterocycles. The van der Waals surface area contributed by atoms with Crippen molar-refractivity contribution in [2.45, 2.75) is 18.4 Å². The predicted molar refractivity (Wildman–Crippen MR) is 77.7 cm³/mol. The molecule has 0 spiro atoms. The molecule has 1 fully saturated rings. The zero-order chi connectivity index (χ0) is 14.8. The highest BCUT2D eigenvalue weighted by Crippen LogP contribution is 2.30. The smallest absolute Gasteiger partial charge is 0.331 e. The van der Waals surface area contributed by atoms with Gasteiger partial charge in [0, 0.05) is 10.7 Å². The number of carbonyl (C=O) groups is 1. The number of rotatable bonds is 3. The maximum Gasteiger partial charge on any atom is 0.331 e. The summed E-state index contributed by atoms with van der Waals surface area (Å²) in [6.45, 7) is 0. The van der Waals surface area contributed by atoms with E-state index in [4.69, 9.17) is 16.3 Å². The first-order chi connectivity index (χ1) is 9.37. The van der Waals surface area contributed by atoms with Gasteiger partial charge in [0.05, 0.1) is 18.6 Å². The Morgan fingerprint density at radius 2 is 2.00 bits per heavy atom. The molecule has 0 unspecified atom stereocenters. The molecule has 5 nitrogen and oxygen atoms in total. The van der Waals surface area contributed by atoms with Crippen LogP contribution in [0.5, 0.6) is 0 Å². The molecule has 1 aromatic rings. The van der Waals surface area contributed by atoms with Gasteiger partial charge < -0.3 is 10.1 Å². The molecule has 1 aliphatic rings. The first-order valence-corrected chi connectivity index (χ1v) is 8.39. The van der Waals surface area contributed by atoms with E-state index in [9.17, 15) is 13.2 Å². The van der Waals surface area contributed by atoms with Gasteiger partial charge in [0.2, 0.25) is 0 Å². The molecule has 2 rings (SSSR count). The summed E-state index contributed by atoms with van der Waals surface area (Å²) in [5.41, 5.74) is -0.340. The Bertz CT molecular complexity index is 601. The molecule has 0 bridgehead atoms. The lowest BCUT2D eigenvalue weighted by atomic mass is 9.92. The molecule has 0 aliphatic carbocycles. The van der Waals surface area contributed by atoms with E-state index in [-0.39, 0.29) is 24.3 Å². The molecule has 1 N–H and O–H groups in total. The van der Waals surface area contributed by atoms with E-state index in [1.54, 1.807) is 24.3 Å². The second-order valence-corrected chi connectivity index (χ2v) is 7.60. The Labute approximate surface area is 123 Å². The van der Waals surface area contributed by atoms with E-state index in [1.807, 2.05) is 0 Å². The van der Waals surface area contributed by atoms with Crippen molar-refractivity contribution in [3.8, 4) is 0 Å². The Morgan fingerprint density at radius 3 is 2.55 bits per heavy atom. The standard InChI is InChI=1S/C13H16ClNO4S/c1-19-12(16)13(5-7-20(17,18)8-6-13)15-11-4-2-3-10(14)9-11/h2-4,9,15H,5-8H2,1H3. The van der Waals surface area contributed by atoms with Gasteiger partial charge in [-0.05, 0) is 31.0 Å². The van der Waals surface area contributed by atoms with Crippen LogP contribution in [0.3, 0.4) is 0 Å². The van der Waals surface area contributed by atoms with Crippen molar-refractivity contribution in [1.29, 1.82) is 0 Å². The van der Waals surface area contributed by atoms with Crippen molar-refractivity contribution >= 4 is 33.1 Å². The fourth-order valence-corrected chi connectivity index (χ4v) is 4.02. The zero-order valence-corrected chi connectivity index (χ0v) is 12.6. The second-order valence-electron chi connectivity index (χ2n) is 4.86. The van der Waals surface area contributed by atoms with Crippen LogP contribution in [0.1, 0.15) is 12.8 Å². The number of halogens is 1. The molecule has 7 heteroatoms. The van der Waals surface area contributed by atoms with Gasteiger partial charge in [-0.2, -0.15) is 0 Å². The Hall–Kier alpha value is -1.27. The van der Waals surface area contributed by atoms with Crippen LogP contribution in [0.15, 0.2) is 24.3 Å². The first-order valence-electron chi connectivity index (χ1n) is 6.19. The van der Waals surface area contributed by atoms with E-state index in [0.29, 0.717) is 10.7 Å². The minimum absolute atomic E-state index is 0.0321. The van der Waals surface area contributed by atoms with Crippen molar-refractivity contribution in [3.63, 3.8) is 0 Å². The number of ether oxygens (including phenoxy) is 1. The number of carbonyl (C=O) groups excluding carboxylic acids is 1. The van der Waals surface area contributed by atoms with E-state index in [0.717, 1.165) is 0 Å². The van der Waals surface area contributed by atoms with Crippen LogP contribution in [0.2, 0.25) is 5.02 Å². The van der Waals surface area contributed by atoms with Crippen molar-refractivity contribution < 1.29 is 17.9 Å². The molecule has 0 aromatic heterocycles. The molecule has 0 saturated carbocycles. The summed E-state index contributed by atoms with van der Waals surface area (Å²) in [5.74, 6) is -0.516. The largest absolute Gasteiger partial charge is 0.467 e. The lowest BCUT2D eigenvalue weighted by Gasteiger charge is -2.35. The second kappa shape index (κ2) is 5.61. The van der Waals surface area contributed by atoms with Crippen molar-refractivity contribution in [2.75, 3.05) is 23.9 Å². The summed E-state index contributed by atoms with van der Waals surface area (Å²) in [6.07, 6.45) is 0.378. The molecular formula is C13H16ClNO4S. The Morgan fingerprint density at radius 1 is 1.35 bits per heavy atom. The number of nitrogens with one attached hydrogen (secondary N) is 1. The van der Waals surface area contributed by atoms with Crippen LogP contribution >= 0.6 is 11.6 Å². The van der Waals surface area contributed by atoms with Gasteiger partial charge in [-0.3, -0.25) is 0 Å². The monoisotopic (exact) mass is 317 g/mol. The lowest BCUT2D eigenvalue weighted by molar-refractivity contribution is -0.146. The van der Waals surface area contributed by atoms with E-state index < -0.39 is 21.3 Å². The van der Waals surface area contributed by atoms with Gasteiger partial charge >= 0.3 is 5.97 Å². The third-order valence-corrected chi connectivity index (χ3v) is 5.35. The van der Waals surface area contributed by atoms with Gasteiger partial charge in [-0.15, -0.1) is 0 Å². The SMILES string of the molecule is COC(=O)C1(Nc2cccc(Cl)c2)CCS(=O)(=O)CC1. The summed E-state index contributed by atoms with van der Waals surface area (Å²) < 4.78 is 27.9. The summed E-state index contributed by atoms with van der Waals surface area (Å²) in [5, 5.41) is 3.64. The number of anilines is 1. The third kappa shape index (κ3) is 3.24. The van der Waals surface area contributed by atoms with Crippen LogP contribution in [0.25, 0.3) is 0 Å². The highest BCUT2D eigenvalue weighted by molar-refractivity contribution is 7.91. The van der Waals surface area contributed by atoms with Crippen LogP contribution in [0.4, 0.5) is 5.69 Å². The Kier molecular flexibility index (Phi) is 4.25. The average molecular weight is 318 g/mol. The quantitative estimate of drug-likeness (QED) is 0.862. The number of benzene rings is 1. The normalized spacial score (nSPS) is 20.1. The third-order valence-electron chi connectivity index (χ3n) is 3.46. The number of sulfone groups is 1. The number of esters is 1. The van der Waals surface area contributed by atoms with Crippen LogP contribution < -0.4 is 5.32 Å². The minimum Gasteiger partial charge on any atom is -0.467 e. The topological polar surface area (TPSA) is 72.5 Å². The molecule has 1 aromatic carbocycles. The highest BCUT2D eigenvalue weighted by atomic mass is 35.5. The molecule has 0 amide bonds. The van der Waals surface area contributed by atoms with Gasteiger partial charge in [0.25, 0.3) is 0 Å². The summed E-state index contributed by atoms with van der Waals surface area (Å²) in [7, 11) is -1.77. The molecule has 20 heavy (non-hydrogen) atoms. The van der Waals surface area contributed by atoms with Crippen molar-refractivity contribution in [3.05, 3.63) is 29.3 Å². The first kappa shape index (κ1) is 15.1. The maximum absolute atomic E-state index is 12.1. The number of hydrogen-bond acceptors (Lipinski definition) is 5. The average Bonchev–Trinajstić information content (AvgIpc) is 2.41. The van der Waals surface area contributed by atoms with Gasteiger partial charge in [-0.1, -0.05) is 17.7 Å². The van der Waals surface area contributed by atoms with Gasteiger partial charge in [-0.25, -0.2) is 13.2 Å². The number of methoxy groups -OCH3 is 1. The van der Waals surface area contributed by atoms with E-state index in [1.165, 1.54) is 7.11 Å². The van der Waals surface area contributed by atoms with E-state index >= 15 is 0 Å². The molecule has 1 aliphatic heterocycles. The summed E-state index contributed by atoms with van der Waals surface area (Å²) >= 11 is 5.91. The van der Waals surface area contributed by atoms with Gasteiger partial charge in [0.15, 0.2) is 9.84 Å². The summed E-state index contributed by atoms with van der Waals surface area (Å²) in [4.78, 5) is 12.1. The highest BCUT2D eigenvalue weighted by Gasteiger charge is 2.44. The fourth-order valence-electron chi connectivity index (χ4n) is 2.30. The minimum atomic E-state index is -3.07. The van der Waals surface area contributed by atoms with Crippen molar-refractivity contribution in [1.82, 2.24) is 0 Å². The predicted octanol–water partition coefficient (Wildman–Crippen LogP) is 1.87. The fraction of sp³-hybridized carbons (Fsp3) is 0.462. The van der Waals surface area contributed by atoms with Crippen LogP contribution in [-0.2, 0) is 19.4 Å². The zero-order valence-electron chi connectivity index (χ0n) is 11.1. The summed E-state index contributed by atoms with van der Waals surface area (Å²) in [6, 6.07) is 6.95. The molecular weight excluding hydrogens is 302 g/mol. The van der Waals surface area contributed by atoms with Gasteiger partial charge in [0.1, 0.15) is 5.54 Å².